The van der Waals surface area contributed by atoms with Gasteiger partial charge < -0.3 is 21.2 Å². The maximum absolute atomic E-state index is 7.25. The molecule has 0 aromatic carbocycles. The van der Waals surface area contributed by atoms with Gasteiger partial charge in [0, 0.05) is 18.5 Å². The Bertz CT molecular complexity index is 276. The van der Waals surface area contributed by atoms with Crippen molar-refractivity contribution in [3.63, 3.8) is 0 Å². The lowest BCUT2D eigenvalue weighted by Crippen LogP contribution is -2.15. The average molecular weight is 209 g/mol. The summed E-state index contributed by atoms with van der Waals surface area (Å²) in [5.74, 6) is 0.579. The van der Waals surface area contributed by atoms with Crippen LogP contribution in [-0.2, 0) is 4.74 Å². The Morgan fingerprint density at radius 1 is 1.60 bits per heavy atom. The van der Waals surface area contributed by atoms with Crippen molar-refractivity contribution >= 4 is 6.21 Å². The summed E-state index contributed by atoms with van der Waals surface area (Å²) in [6.07, 6.45) is 4.50. The third-order valence-electron chi connectivity index (χ3n) is 1.71. The van der Waals surface area contributed by atoms with E-state index in [1.807, 2.05) is 7.05 Å². The van der Waals surface area contributed by atoms with Crippen LogP contribution >= 0.6 is 0 Å². The summed E-state index contributed by atoms with van der Waals surface area (Å²) in [4.78, 5) is 0. The van der Waals surface area contributed by atoms with Crippen molar-refractivity contribution in [3.05, 3.63) is 35.8 Å². The van der Waals surface area contributed by atoms with E-state index in [9.17, 15) is 0 Å². The Labute approximate surface area is 91.0 Å². The van der Waals surface area contributed by atoms with E-state index in [4.69, 9.17) is 15.9 Å². The highest BCUT2D eigenvalue weighted by Crippen LogP contribution is 2.11. The molecule has 0 fully saturated rings. The molecule has 4 nitrogen and oxygen atoms in total. The van der Waals surface area contributed by atoms with Gasteiger partial charge in [0.2, 0.25) is 0 Å². The predicted molar refractivity (Wildman–Crippen MR) is 63.8 cm³/mol. The van der Waals surface area contributed by atoms with Gasteiger partial charge in [-0.2, -0.15) is 0 Å². The van der Waals surface area contributed by atoms with Gasteiger partial charge in [-0.15, -0.1) is 0 Å². The average Bonchev–Trinajstić information content (AvgIpc) is 2.18. The minimum atomic E-state index is 0.529. The molecule has 0 aromatic heterocycles. The van der Waals surface area contributed by atoms with Gasteiger partial charge in [0.1, 0.15) is 12.4 Å². The fraction of sp³-hybridized carbons (Fsp3) is 0.364. The molecule has 0 spiro atoms. The Balaban J connectivity index is 4.66. The van der Waals surface area contributed by atoms with E-state index in [2.05, 4.69) is 11.9 Å². The van der Waals surface area contributed by atoms with E-state index in [-0.39, 0.29) is 0 Å². The quantitative estimate of drug-likeness (QED) is 0.255. The highest BCUT2D eigenvalue weighted by atomic mass is 16.5. The second-order valence-electron chi connectivity index (χ2n) is 2.96. The number of rotatable bonds is 7. The van der Waals surface area contributed by atoms with Crippen molar-refractivity contribution < 1.29 is 4.74 Å². The van der Waals surface area contributed by atoms with Gasteiger partial charge in [-0.3, -0.25) is 0 Å². The molecule has 0 bridgehead atoms. The number of ether oxygens (including phenoxy) is 1. The van der Waals surface area contributed by atoms with Crippen molar-refractivity contribution in [2.75, 3.05) is 20.2 Å². The first-order chi connectivity index (χ1) is 7.17. The maximum Gasteiger partial charge on any atom is 0.129 e. The molecule has 0 aliphatic carbocycles. The van der Waals surface area contributed by atoms with E-state index in [1.165, 1.54) is 6.21 Å². The lowest BCUT2D eigenvalue weighted by atomic mass is 10.2. The topological polar surface area (TPSA) is 71.1 Å². The van der Waals surface area contributed by atoms with E-state index < -0.39 is 0 Å². The van der Waals surface area contributed by atoms with Crippen LogP contribution in [0.2, 0.25) is 0 Å². The van der Waals surface area contributed by atoms with Crippen molar-refractivity contribution in [1.82, 2.24) is 5.32 Å². The van der Waals surface area contributed by atoms with E-state index in [0.717, 1.165) is 6.54 Å². The van der Waals surface area contributed by atoms with E-state index >= 15 is 0 Å². The fourth-order valence-electron chi connectivity index (χ4n) is 0.965. The molecular formula is C11H19N3O. The zero-order chi connectivity index (χ0) is 11.7. The van der Waals surface area contributed by atoms with Gasteiger partial charge in [-0.1, -0.05) is 12.7 Å². The molecule has 0 aromatic rings. The van der Waals surface area contributed by atoms with Crippen LogP contribution in [0.25, 0.3) is 0 Å². The minimum Gasteiger partial charge on any atom is -0.492 e. The van der Waals surface area contributed by atoms with Crippen LogP contribution in [-0.4, -0.2) is 26.4 Å². The van der Waals surface area contributed by atoms with Gasteiger partial charge in [0.25, 0.3) is 0 Å². The van der Waals surface area contributed by atoms with Crippen molar-refractivity contribution in [1.29, 1.82) is 5.41 Å². The van der Waals surface area contributed by atoms with Crippen LogP contribution < -0.4 is 11.1 Å². The zero-order valence-electron chi connectivity index (χ0n) is 9.34. The number of allylic oxidation sites excluding steroid dienone is 4. The van der Waals surface area contributed by atoms with Crippen molar-refractivity contribution in [2.45, 2.75) is 6.92 Å². The van der Waals surface area contributed by atoms with Gasteiger partial charge in [0.15, 0.2) is 0 Å². The van der Waals surface area contributed by atoms with Crippen LogP contribution in [0, 0.1) is 5.41 Å². The lowest BCUT2D eigenvalue weighted by molar-refractivity contribution is 0.224. The molecule has 0 unspecified atom stereocenters. The second kappa shape index (κ2) is 7.82. The highest BCUT2D eigenvalue weighted by Gasteiger charge is 2.05. The maximum atomic E-state index is 7.25. The zero-order valence-corrected chi connectivity index (χ0v) is 9.34. The third kappa shape index (κ3) is 5.02. The van der Waals surface area contributed by atoms with Crippen molar-refractivity contribution in [2.24, 2.45) is 5.73 Å². The monoisotopic (exact) mass is 209 g/mol. The van der Waals surface area contributed by atoms with Crippen LogP contribution in [0.3, 0.4) is 0 Å². The summed E-state index contributed by atoms with van der Waals surface area (Å²) in [6.45, 7) is 6.60. The van der Waals surface area contributed by atoms with Gasteiger partial charge >= 0.3 is 0 Å². The van der Waals surface area contributed by atoms with Crippen LogP contribution in [0.1, 0.15) is 6.92 Å². The number of hydrogen-bond donors (Lipinski definition) is 3. The Morgan fingerprint density at radius 3 is 2.67 bits per heavy atom. The van der Waals surface area contributed by atoms with Gasteiger partial charge in [0.05, 0.1) is 5.57 Å². The Morgan fingerprint density at radius 2 is 2.27 bits per heavy atom. The molecule has 0 radical (unpaired) electrons. The first kappa shape index (κ1) is 13.4. The molecule has 4 heteroatoms. The molecule has 84 valence electrons. The third-order valence-corrected chi connectivity index (χ3v) is 1.71. The first-order valence-corrected chi connectivity index (χ1v) is 4.74. The molecule has 0 rings (SSSR count). The predicted octanol–water partition coefficient (Wildman–Crippen LogP) is 1.17. The summed E-state index contributed by atoms with van der Waals surface area (Å²) < 4.78 is 5.48. The summed E-state index contributed by atoms with van der Waals surface area (Å²) in [6, 6.07) is 0. The summed E-state index contributed by atoms with van der Waals surface area (Å²) in [5, 5.41) is 10.2. The molecule has 0 atom stereocenters. The van der Waals surface area contributed by atoms with Crippen LogP contribution in [0.4, 0.5) is 0 Å². The standard InChI is InChI=1S/C11H19N3O/c1-4-5-11(15-7-6-14-3)10(8-12)9(2)13/h4-5,8,12,14H,1,6-7,13H2,2-3H3/b10-9+,11-5+,12-8?. The lowest BCUT2D eigenvalue weighted by Gasteiger charge is -2.11. The molecule has 0 saturated carbocycles. The largest absolute Gasteiger partial charge is 0.492 e. The number of nitrogens with two attached hydrogens (primary N) is 1. The highest BCUT2D eigenvalue weighted by molar-refractivity contribution is 5.82. The second-order valence-corrected chi connectivity index (χ2v) is 2.96. The molecule has 0 heterocycles. The van der Waals surface area contributed by atoms with E-state index in [0.29, 0.717) is 23.6 Å². The number of nitrogens with one attached hydrogen (secondary N) is 2. The summed E-state index contributed by atoms with van der Waals surface area (Å²) in [7, 11) is 1.85. The van der Waals surface area contributed by atoms with E-state index in [1.54, 1.807) is 19.1 Å². The van der Waals surface area contributed by atoms with Crippen LogP contribution in [0.5, 0.6) is 0 Å². The molecule has 15 heavy (non-hydrogen) atoms. The molecule has 4 N–H and O–H groups in total. The minimum absolute atomic E-state index is 0.529. The summed E-state index contributed by atoms with van der Waals surface area (Å²) in [5.41, 5.74) is 6.79. The molecular weight excluding hydrogens is 190 g/mol. The van der Waals surface area contributed by atoms with Crippen LogP contribution in [0.15, 0.2) is 35.8 Å². The number of likely N-dealkylation sites (N-methyl/N-ethyl adjacent to an activating group) is 1. The Kier molecular flexibility index (Phi) is 7.01. The Hall–Kier alpha value is -1.55. The SMILES string of the molecule is C=C/C=C(OCCNC)\C(C=N)=C(/C)N. The van der Waals surface area contributed by atoms with Gasteiger partial charge in [-0.05, 0) is 20.0 Å². The van der Waals surface area contributed by atoms with Gasteiger partial charge in [-0.25, -0.2) is 0 Å². The normalized spacial score (nSPS) is 13.1. The molecule has 0 saturated heterocycles. The molecule has 0 amide bonds. The molecule has 0 aliphatic rings. The molecule has 0 aliphatic heterocycles. The number of hydrogen-bond acceptors (Lipinski definition) is 4. The first-order valence-electron chi connectivity index (χ1n) is 4.74. The smallest absolute Gasteiger partial charge is 0.129 e. The fourth-order valence-corrected chi connectivity index (χ4v) is 0.965. The summed E-state index contributed by atoms with van der Waals surface area (Å²) >= 11 is 0. The van der Waals surface area contributed by atoms with Crippen molar-refractivity contribution in [3.8, 4) is 0 Å².